The number of thiazole rings is 1. The van der Waals surface area contributed by atoms with Gasteiger partial charge in [0.05, 0.1) is 12.2 Å². The van der Waals surface area contributed by atoms with Crippen molar-refractivity contribution in [1.82, 2.24) is 25.2 Å². The van der Waals surface area contributed by atoms with Gasteiger partial charge in [0.15, 0.2) is 5.03 Å². The van der Waals surface area contributed by atoms with Crippen LogP contribution in [0, 0.1) is 0 Å². The Hall–Kier alpha value is -1.29. The molecule has 0 aliphatic rings. The predicted octanol–water partition coefficient (Wildman–Crippen LogP) is 1.41. The third kappa shape index (κ3) is 4.10. The summed E-state index contributed by atoms with van der Waals surface area (Å²) in [7, 11) is -3.65. The Balaban J connectivity index is 2.11. The first-order chi connectivity index (χ1) is 10.0. The number of rotatable bonds is 8. The quantitative estimate of drug-likeness (QED) is 0.636. The molecule has 1 unspecified atom stereocenters. The molecule has 1 atom stereocenters. The second-order valence-corrected chi connectivity index (χ2v) is 7.19. The summed E-state index contributed by atoms with van der Waals surface area (Å²) < 4.78 is 27.5. The zero-order valence-electron chi connectivity index (χ0n) is 12.0. The smallest absolute Gasteiger partial charge is 0.258 e. The molecule has 0 fully saturated rings. The molecule has 116 valence electrons. The van der Waals surface area contributed by atoms with Crippen LogP contribution in [0.25, 0.3) is 0 Å². The Morgan fingerprint density at radius 1 is 1.48 bits per heavy atom. The molecule has 2 aromatic heterocycles. The third-order valence-electron chi connectivity index (χ3n) is 2.84. The van der Waals surface area contributed by atoms with Crippen LogP contribution < -0.4 is 10.0 Å². The molecule has 0 radical (unpaired) electrons. The van der Waals surface area contributed by atoms with E-state index in [-0.39, 0.29) is 11.1 Å². The van der Waals surface area contributed by atoms with Crippen molar-refractivity contribution in [2.45, 2.75) is 37.9 Å². The van der Waals surface area contributed by atoms with Gasteiger partial charge in [-0.15, -0.1) is 11.3 Å². The van der Waals surface area contributed by atoms with Crippen LogP contribution in [0.15, 0.2) is 22.8 Å². The van der Waals surface area contributed by atoms with Crippen molar-refractivity contribution in [3.05, 3.63) is 28.3 Å². The number of aromatic amines is 1. The molecular formula is C12H19N5O2S2. The molecule has 2 rings (SSSR count). The van der Waals surface area contributed by atoms with E-state index in [1.807, 2.05) is 5.38 Å². The lowest BCUT2D eigenvalue weighted by atomic mass is 10.3. The maximum atomic E-state index is 12.4. The minimum Gasteiger partial charge on any atom is -0.313 e. The van der Waals surface area contributed by atoms with Crippen molar-refractivity contribution in [2.24, 2.45) is 0 Å². The number of aromatic nitrogens is 3. The zero-order valence-corrected chi connectivity index (χ0v) is 13.6. The molecule has 2 aromatic rings. The summed E-state index contributed by atoms with van der Waals surface area (Å²) in [5.74, 6) is 0. The number of H-pyrrole nitrogens is 1. The molecular weight excluding hydrogens is 310 g/mol. The minimum atomic E-state index is -3.65. The van der Waals surface area contributed by atoms with Gasteiger partial charge in [0, 0.05) is 23.7 Å². The summed E-state index contributed by atoms with van der Waals surface area (Å²) in [6.45, 7) is 5.11. The number of hydrogen-bond acceptors (Lipinski definition) is 6. The van der Waals surface area contributed by atoms with Crippen molar-refractivity contribution in [3.8, 4) is 0 Å². The van der Waals surface area contributed by atoms with Gasteiger partial charge in [0.1, 0.15) is 5.01 Å². The molecule has 0 saturated carbocycles. The van der Waals surface area contributed by atoms with E-state index in [0.29, 0.717) is 12.1 Å². The zero-order chi connectivity index (χ0) is 15.3. The molecule has 21 heavy (non-hydrogen) atoms. The molecule has 3 N–H and O–H groups in total. The Morgan fingerprint density at radius 3 is 2.95 bits per heavy atom. The van der Waals surface area contributed by atoms with E-state index in [1.165, 1.54) is 17.5 Å². The Bertz CT molecular complexity index is 651. The van der Waals surface area contributed by atoms with Crippen LogP contribution in [-0.4, -0.2) is 30.1 Å². The van der Waals surface area contributed by atoms with Crippen LogP contribution in [0.3, 0.4) is 0 Å². The molecule has 0 aliphatic heterocycles. The molecule has 0 spiro atoms. The molecule has 0 aromatic carbocycles. The highest BCUT2D eigenvalue weighted by molar-refractivity contribution is 7.89. The Morgan fingerprint density at radius 2 is 2.29 bits per heavy atom. The van der Waals surface area contributed by atoms with E-state index in [9.17, 15) is 8.42 Å². The lowest BCUT2D eigenvalue weighted by Crippen LogP contribution is -2.28. The lowest BCUT2D eigenvalue weighted by Gasteiger charge is -2.12. The summed E-state index contributed by atoms with van der Waals surface area (Å²) in [6.07, 6.45) is 4.17. The van der Waals surface area contributed by atoms with Gasteiger partial charge < -0.3 is 5.32 Å². The van der Waals surface area contributed by atoms with E-state index in [0.717, 1.165) is 18.0 Å². The minimum absolute atomic E-state index is 0.106. The van der Waals surface area contributed by atoms with Gasteiger partial charge in [-0.1, -0.05) is 6.92 Å². The third-order valence-corrected chi connectivity index (χ3v) is 5.36. The highest BCUT2D eigenvalue weighted by Crippen LogP contribution is 2.19. The summed E-state index contributed by atoms with van der Waals surface area (Å²) in [5.41, 5.74) is 0.627. The summed E-state index contributed by atoms with van der Waals surface area (Å²) in [5, 5.41) is 12.2. The number of hydrogen-bond donors (Lipinski definition) is 3. The fraction of sp³-hybridized carbons (Fsp3) is 0.500. The summed E-state index contributed by atoms with van der Waals surface area (Å²) >= 11 is 1.41. The predicted molar refractivity (Wildman–Crippen MR) is 81.4 cm³/mol. The topological polar surface area (TPSA) is 99.8 Å². The first kappa shape index (κ1) is 16.1. The Kier molecular flexibility index (Phi) is 5.45. The number of nitrogens with one attached hydrogen (secondary N) is 3. The SMILES string of the molecule is CCCNCc1cn[nH]c1S(=O)(=O)NC(C)c1nccs1. The van der Waals surface area contributed by atoms with E-state index >= 15 is 0 Å². The molecule has 0 bridgehead atoms. The van der Waals surface area contributed by atoms with E-state index in [1.54, 1.807) is 13.1 Å². The molecule has 0 saturated heterocycles. The first-order valence-corrected chi connectivity index (χ1v) is 9.05. The summed E-state index contributed by atoms with van der Waals surface area (Å²) in [4.78, 5) is 4.12. The van der Waals surface area contributed by atoms with Gasteiger partial charge in [-0.05, 0) is 19.9 Å². The van der Waals surface area contributed by atoms with E-state index in [4.69, 9.17) is 0 Å². The van der Waals surface area contributed by atoms with Crippen LogP contribution >= 0.6 is 11.3 Å². The normalized spacial score (nSPS) is 13.4. The highest BCUT2D eigenvalue weighted by atomic mass is 32.2. The summed E-state index contributed by atoms with van der Waals surface area (Å²) in [6, 6.07) is -0.380. The lowest BCUT2D eigenvalue weighted by molar-refractivity contribution is 0.559. The maximum Gasteiger partial charge on any atom is 0.258 e. The average molecular weight is 329 g/mol. The van der Waals surface area contributed by atoms with Crippen LogP contribution in [0.1, 0.15) is 36.9 Å². The number of nitrogens with zero attached hydrogens (tertiary/aromatic N) is 2. The van der Waals surface area contributed by atoms with Gasteiger partial charge in [-0.2, -0.15) is 5.10 Å². The van der Waals surface area contributed by atoms with Crippen LogP contribution in [0.4, 0.5) is 0 Å². The monoisotopic (exact) mass is 329 g/mol. The van der Waals surface area contributed by atoms with Gasteiger partial charge in [-0.3, -0.25) is 5.10 Å². The average Bonchev–Trinajstić information content (AvgIpc) is 3.10. The van der Waals surface area contributed by atoms with Crippen LogP contribution in [0.5, 0.6) is 0 Å². The maximum absolute atomic E-state index is 12.4. The van der Waals surface area contributed by atoms with Crippen molar-refractivity contribution in [3.63, 3.8) is 0 Å². The van der Waals surface area contributed by atoms with Crippen molar-refractivity contribution in [2.75, 3.05) is 6.54 Å². The highest BCUT2D eigenvalue weighted by Gasteiger charge is 2.24. The first-order valence-electron chi connectivity index (χ1n) is 6.69. The molecule has 0 amide bonds. The largest absolute Gasteiger partial charge is 0.313 e. The van der Waals surface area contributed by atoms with Crippen LogP contribution in [-0.2, 0) is 16.6 Å². The van der Waals surface area contributed by atoms with Crippen molar-refractivity contribution in [1.29, 1.82) is 0 Å². The van der Waals surface area contributed by atoms with Crippen LogP contribution in [0.2, 0.25) is 0 Å². The molecule has 9 heteroatoms. The van der Waals surface area contributed by atoms with Crippen molar-refractivity contribution >= 4 is 21.4 Å². The Labute approximate surface area is 128 Å². The molecule has 7 nitrogen and oxygen atoms in total. The van der Waals surface area contributed by atoms with Gasteiger partial charge >= 0.3 is 0 Å². The van der Waals surface area contributed by atoms with E-state index in [2.05, 4.69) is 32.1 Å². The molecule has 2 heterocycles. The van der Waals surface area contributed by atoms with Gasteiger partial charge in [0.25, 0.3) is 10.0 Å². The van der Waals surface area contributed by atoms with Gasteiger partial charge in [-0.25, -0.2) is 18.1 Å². The second kappa shape index (κ2) is 7.12. The van der Waals surface area contributed by atoms with E-state index < -0.39 is 10.0 Å². The fourth-order valence-electron chi connectivity index (χ4n) is 1.85. The van der Waals surface area contributed by atoms with Gasteiger partial charge in [0.2, 0.25) is 0 Å². The standard InChI is InChI=1S/C12H19N5O2S2/c1-3-4-13-7-10-8-15-16-12(10)21(18,19)17-9(2)11-14-5-6-20-11/h5-6,8-9,13,17H,3-4,7H2,1-2H3,(H,15,16). The molecule has 0 aliphatic carbocycles. The second-order valence-electron chi connectivity index (χ2n) is 4.61. The fourth-order valence-corrected chi connectivity index (χ4v) is 3.91. The number of sulfonamides is 1. The van der Waals surface area contributed by atoms with Crippen molar-refractivity contribution < 1.29 is 8.42 Å².